The number of hydrogen-bond donors (Lipinski definition) is 0. The summed E-state index contributed by atoms with van der Waals surface area (Å²) in [6.45, 7) is 5.09. The predicted octanol–water partition coefficient (Wildman–Crippen LogP) is 2.49. The lowest BCUT2D eigenvalue weighted by Gasteiger charge is -2.23. The van der Waals surface area contributed by atoms with Crippen LogP contribution >= 0.6 is 0 Å². The van der Waals surface area contributed by atoms with Crippen LogP contribution in [0.5, 0.6) is 0 Å². The molecule has 0 aromatic heterocycles. The molecule has 0 bridgehead atoms. The maximum atomic E-state index is 5.58. The zero-order chi connectivity index (χ0) is 9.40. The Morgan fingerprint density at radius 1 is 1.17 bits per heavy atom. The molecule has 0 aliphatic heterocycles. The van der Waals surface area contributed by atoms with Crippen LogP contribution < -0.4 is 0 Å². The molecule has 0 aromatic rings. The summed E-state index contributed by atoms with van der Waals surface area (Å²) in [6.07, 6.45) is 5.36. The van der Waals surface area contributed by atoms with E-state index in [1.807, 2.05) is 0 Å². The average Bonchev–Trinajstić information content (AvgIpc) is 2.03. The molecule has 0 aliphatic carbocycles. The van der Waals surface area contributed by atoms with Gasteiger partial charge in [0.05, 0.1) is 0 Å². The number of unbranched alkanes of at least 4 members (excludes halogenated alkanes) is 2. The molecule has 0 saturated carbocycles. The molecule has 0 aromatic carbocycles. The van der Waals surface area contributed by atoms with Gasteiger partial charge in [-0.3, -0.25) is 4.90 Å². The molecule has 1 unspecified atom stereocenters. The van der Waals surface area contributed by atoms with E-state index in [1.54, 1.807) is 0 Å². The number of rotatable bonds is 7. The fraction of sp³-hybridized carbons (Fsp3) is 1.00. The predicted molar refractivity (Wildman–Crippen MR) is 53.2 cm³/mol. The van der Waals surface area contributed by atoms with Crippen molar-refractivity contribution < 1.29 is 4.74 Å². The first-order chi connectivity index (χ1) is 5.72. The van der Waals surface area contributed by atoms with Crippen LogP contribution in [0.3, 0.4) is 0 Å². The Balaban J connectivity index is 3.49. The Bertz CT molecular complexity index is 93.8. The van der Waals surface area contributed by atoms with Crippen molar-refractivity contribution >= 4 is 0 Å². The van der Waals surface area contributed by atoms with Crippen molar-refractivity contribution in [3.63, 3.8) is 0 Å². The minimum absolute atomic E-state index is 0.321. The largest absolute Gasteiger partial charge is 0.363 e. The second-order valence-electron chi connectivity index (χ2n) is 3.37. The topological polar surface area (TPSA) is 12.5 Å². The summed E-state index contributed by atoms with van der Waals surface area (Å²) in [7, 11) is 4.15. The van der Waals surface area contributed by atoms with Gasteiger partial charge in [0.15, 0.2) is 0 Å². The van der Waals surface area contributed by atoms with Crippen molar-refractivity contribution in [3.05, 3.63) is 0 Å². The third-order valence-electron chi connectivity index (χ3n) is 1.99. The standard InChI is InChI=1S/C10H23NO/c1-5-7-8-9-10(11(3)4)12-6-2/h10H,5-9H2,1-4H3. The summed E-state index contributed by atoms with van der Waals surface area (Å²) in [5.41, 5.74) is 0. The van der Waals surface area contributed by atoms with Gasteiger partial charge in [-0.05, 0) is 33.9 Å². The molecular formula is C10H23NO. The molecule has 1 atom stereocenters. The Morgan fingerprint density at radius 2 is 1.83 bits per heavy atom. The molecule has 0 spiro atoms. The highest BCUT2D eigenvalue weighted by atomic mass is 16.5. The van der Waals surface area contributed by atoms with Gasteiger partial charge in [-0.25, -0.2) is 0 Å². The SMILES string of the molecule is CCCCCC(OCC)N(C)C. The lowest BCUT2D eigenvalue weighted by Crippen LogP contribution is -2.30. The highest BCUT2D eigenvalue weighted by Gasteiger charge is 2.09. The monoisotopic (exact) mass is 173 g/mol. The van der Waals surface area contributed by atoms with Crippen LogP contribution in [0, 0.1) is 0 Å². The molecule has 0 saturated heterocycles. The molecule has 12 heavy (non-hydrogen) atoms. The first-order valence-electron chi connectivity index (χ1n) is 5.00. The molecule has 0 N–H and O–H groups in total. The van der Waals surface area contributed by atoms with Gasteiger partial charge in [0, 0.05) is 6.61 Å². The Morgan fingerprint density at radius 3 is 2.25 bits per heavy atom. The van der Waals surface area contributed by atoms with E-state index in [1.165, 1.54) is 19.3 Å². The van der Waals surface area contributed by atoms with Crippen LogP contribution in [0.25, 0.3) is 0 Å². The van der Waals surface area contributed by atoms with Crippen molar-refractivity contribution in [2.24, 2.45) is 0 Å². The van der Waals surface area contributed by atoms with Gasteiger partial charge in [-0.1, -0.05) is 19.8 Å². The van der Waals surface area contributed by atoms with Crippen LogP contribution in [0.2, 0.25) is 0 Å². The zero-order valence-electron chi connectivity index (χ0n) is 8.97. The minimum atomic E-state index is 0.321. The van der Waals surface area contributed by atoms with E-state index in [-0.39, 0.29) is 0 Å². The van der Waals surface area contributed by atoms with E-state index in [2.05, 4.69) is 32.8 Å². The van der Waals surface area contributed by atoms with Crippen molar-refractivity contribution in [1.82, 2.24) is 4.90 Å². The maximum absolute atomic E-state index is 5.58. The molecule has 2 heteroatoms. The van der Waals surface area contributed by atoms with Crippen molar-refractivity contribution in [1.29, 1.82) is 0 Å². The van der Waals surface area contributed by atoms with Gasteiger partial charge in [0.2, 0.25) is 0 Å². The second kappa shape index (κ2) is 7.56. The van der Waals surface area contributed by atoms with Crippen LogP contribution in [0.1, 0.15) is 39.5 Å². The van der Waals surface area contributed by atoms with E-state index < -0.39 is 0 Å². The van der Waals surface area contributed by atoms with Gasteiger partial charge >= 0.3 is 0 Å². The lowest BCUT2D eigenvalue weighted by molar-refractivity contribution is -0.0361. The zero-order valence-corrected chi connectivity index (χ0v) is 8.97. The molecule has 0 aliphatic rings. The number of nitrogens with zero attached hydrogens (tertiary/aromatic N) is 1. The molecule has 0 radical (unpaired) electrons. The highest BCUT2D eigenvalue weighted by molar-refractivity contribution is 4.54. The van der Waals surface area contributed by atoms with Crippen molar-refractivity contribution in [2.45, 2.75) is 45.8 Å². The summed E-state index contributed by atoms with van der Waals surface area (Å²) in [4.78, 5) is 2.15. The molecule has 0 rings (SSSR count). The van der Waals surface area contributed by atoms with E-state index >= 15 is 0 Å². The van der Waals surface area contributed by atoms with Crippen molar-refractivity contribution in [2.75, 3.05) is 20.7 Å². The van der Waals surface area contributed by atoms with Gasteiger partial charge in [0.25, 0.3) is 0 Å². The van der Waals surface area contributed by atoms with Crippen LogP contribution in [0.15, 0.2) is 0 Å². The number of hydrogen-bond acceptors (Lipinski definition) is 2. The van der Waals surface area contributed by atoms with E-state index in [0.717, 1.165) is 13.0 Å². The quantitative estimate of drug-likeness (QED) is 0.433. The third kappa shape index (κ3) is 5.56. The highest BCUT2D eigenvalue weighted by Crippen LogP contribution is 2.08. The minimum Gasteiger partial charge on any atom is -0.363 e. The first kappa shape index (κ1) is 11.9. The Kier molecular flexibility index (Phi) is 7.51. The summed E-state index contributed by atoms with van der Waals surface area (Å²) >= 11 is 0. The Hall–Kier alpha value is -0.0800. The fourth-order valence-electron chi connectivity index (χ4n) is 1.25. The summed E-state index contributed by atoms with van der Waals surface area (Å²) in [5, 5.41) is 0. The van der Waals surface area contributed by atoms with E-state index in [9.17, 15) is 0 Å². The Labute approximate surface area is 76.9 Å². The fourth-order valence-corrected chi connectivity index (χ4v) is 1.25. The van der Waals surface area contributed by atoms with E-state index in [0.29, 0.717) is 6.23 Å². The summed E-state index contributed by atoms with van der Waals surface area (Å²) in [5.74, 6) is 0. The van der Waals surface area contributed by atoms with E-state index in [4.69, 9.17) is 4.74 Å². The molecule has 0 amide bonds. The molecule has 74 valence electrons. The van der Waals surface area contributed by atoms with Crippen LogP contribution in [0.4, 0.5) is 0 Å². The lowest BCUT2D eigenvalue weighted by atomic mass is 10.2. The number of ether oxygens (including phenoxy) is 1. The van der Waals surface area contributed by atoms with Crippen molar-refractivity contribution in [3.8, 4) is 0 Å². The van der Waals surface area contributed by atoms with Gasteiger partial charge < -0.3 is 4.74 Å². The van der Waals surface area contributed by atoms with Crippen LogP contribution in [-0.2, 0) is 4.74 Å². The second-order valence-corrected chi connectivity index (χ2v) is 3.37. The van der Waals surface area contributed by atoms with Gasteiger partial charge in [-0.15, -0.1) is 0 Å². The summed E-state index contributed by atoms with van der Waals surface area (Å²) in [6, 6.07) is 0. The maximum Gasteiger partial charge on any atom is 0.110 e. The average molecular weight is 173 g/mol. The third-order valence-corrected chi connectivity index (χ3v) is 1.99. The van der Waals surface area contributed by atoms with Gasteiger partial charge in [0.1, 0.15) is 6.23 Å². The smallest absolute Gasteiger partial charge is 0.110 e. The molecule has 0 heterocycles. The van der Waals surface area contributed by atoms with Gasteiger partial charge in [-0.2, -0.15) is 0 Å². The normalized spacial score (nSPS) is 13.8. The molecular weight excluding hydrogens is 150 g/mol. The molecule has 2 nitrogen and oxygen atoms in total. The molecule has 0 fully saturated rings. The summed E-state index contributed by atoms with van der Waals surface area (Å²) < 4.78 is 5.58. The van der Waals surface area contributed by atoms with Crippen LogP contribution in [-0.4, -0.2) is 31.8 Å². The first-order valence-corrected chi connectivity index (χ1v) is 5.00.